The number of anilines is 1. The lowest BCUT2D eigenvalue weighted by Crippen LogP contribution is -2.23. The molecule has 1 aromatic heterocycles. The highest BCUT2D eigenvalue weighted by Gasteiger charge is 2.17. The summed E-state index contributed by atoms with van der Waals surface area (Å²) >= 11 is 0. The van der Waals surface area contributed by atoms with Gasteiger partial charge in [0.2, 0.25) is 0 Å². The summed E-state index contributed by atoms with van der Waals surface area (Å²) in [5, 5.41) is 3.95. The number of alkyl halides is 2. The van der Waals surface area contributed by atoms with Gasteiger partial charge in [0.15, 0.2) is 0 Å². The van der Waals surface area contributed by atoms with Gasteiger partial charge in [-0.1, -0.05) is 18.1 Å². The molecule has 0 unspecified atom stereocenters. The van der Waals surface area contributed by atoms with Crippen molar-refractivity contribution >= 4 is 5.69 Å². The van der Waals surface area contributed by atoms with E-state index < -0.39 is 6.55 Å². The molecule has 4 nitrogen and oxygen atoms in total. The Morgan fingerprint density at radius 3 is 2.65 bits per heavy atom. The minimum atomic E-state index is -2.59. The van der Waals surface area contributed by atoms with E-state index in [9.17, 15) is 8.78 Å². The first-order valence-corrected chi connectivity index (χ1v) is 6.21. The summed E-state index contributed by atoms with van der Waals surface area (Å²) in [6.45, 7) is -0.625. The highest BCUT2D eigenvalue weighted by molar-refractivity contribution is 5.69. The number of aryl methyl sites for hydroxylation is 1. The normalized spacial score (nSPS) is 10.9. The van der Waals surface area contributed by atoms with Gasteiger partial charge in [0.05, 0.1) is 12.8 Å². The molecule has 0 aliphatic heterocycles. The minimum absolute atomic E-state index is 0.324. The highest BCUT2D eigenvalue weighted by atomic mass is 19.3. The van der Waals surface area contributed by atoms with Gasteiger partial charge in [-0.3, -0.25) is 0 Å². The molecule has 2 aromatic rings. The Balaban J connectivity index is 2.38. The lowest BCUT2D eigenvalue weighted by atomic mass is 10.1. The second kappa shape index (κ2) is 5.90. The van der Waals surface area contributed by atoms with Crippen molar-refractivity contribution < 1.29 is 18.0 Å². The number of rotatable bonds is 5. The highest BCUT2D eigenvalue weighted by Crippen LogP contribution is 2.33. The van der Waals surface area contributed by atoms with Gasteiger partial charge < -0.3 is 14.2 Å². The number of hydrogen-bond acceptors (Lipinski definition) is 4. The first-order valence-electron chi connectivity index (χ1n) is 6.21. The van der Waals surface area contributed by atoms with Crippen LogP contribution in [0.3, 0.4) is 0 Å². The van der Waals surface area contributed by atoms with Crippen LogP contribution in [0.25, 0.3) is 11.3 Å². The van der Waals surface area contributed by atoms with Gasteiger partial charge in [-0.25, -0.2) is 0 Å². The maximum Gasteiger partial charge on any atom is 0.315 e. The third-order valence-corrected chi connectivity index (χ3v) is 3.06. The van der Waals surface area contributed by atoms with E-state index in [1.54, 1.807) is 18.2 Å². The Hall–Kier alpha value is -2.11. The summed E-state index contributed by atoms with van der Waals surface area (Å²) < 4.78 is 35.8. The molecule has 0 fully saturated rings. The van der Waals surface area contributed by atoms with Gasteiger partial charge in [-0.15, -0.1) is 0 Å². The number of nitrogens with zero attached hydrogens (tertiary/aromatic N) is 2. The van der Waals surface area contributed by atoms with E-state index in [1.807, 2.05) is 13.0 Å². The number of benzene rings is 1. The summed E-state index contributed by atoms with van der Waals surface area (Å²) in [4.78, 5) is 0.850. The molecular weight excluding hydrogens is 266 g/mol. The molecule has 20 heavy (non-hydrogen) atoms. The zero-order valence-corrected chi connectivity index (χ0v) is 11.6. The monoisotopic (exact) mass is 282 g/mol. The fraction of sp³-hybridized carbons (Fsp3) is 0.357. The summed E-state index contributed by atoms with van der Waals surface area (Å²) in [6.07, 6.45) is 0.746. The number of ether oxygens (including phenoxy) is 1. The third kappa shape index (κ3) is 2.74. The van der Waals surface area contributed by atoms with E-state index in [0.29, 0.717) is 17.1 Å². The Morgan fingerprint density at radius 2 is 2.10 bits per heavy atom. The molecule has 0 spiro atoms. The first kappa shape index (κ1) is 14.3. The molecule has 1 heterocycles. The Morgan fingerprint density at radius 1 is 1.35 bits per heavy atom. The fourth-order valence-corrected chi connectivity index (χ4v) is 1.85. The molecule has 0 N–H and O–H groups in total. The lowest BCUT2D eigenvalue weighted by Gasteiger charge is -2.20. The van der Waals surface area contributed by atoms with Crippen molar-refractivity contribution in [2.75, 3.05) is 19.1 Å². The average molecular weight is 282 g/mol. The van der Waals surface area contributed by atoms with Crippen molar-refractivity contribution in [1.29, 1.82) is 0 Å². The van der Waals surface area contributed by atoms with Gasteiger partial charge in [0.1, 0.15) is 17.2 Å². The second-order valence-corrected chi connectivity index (χ2v) is 4.31. The van der Waals surface area contributed by atoms with Crippen LogP contribution in [-0.4, -0.2) is 25.9 Å². The maximum atomic E-state index is 12.7. The van der Waals surface area contributed by atoms with Crippen molar-refractivity contribution in [2.45, 2.75) is 19.9 Å². The van der Waals surface area contributed by atoms with Gasteiger partial charge in [0, 0.05) is 25.1 Å². The van der Waals surface area contributed by atoms with Crippen LogP contribution in [0.4, 0.5) is 14.5 Å². The Kier molecular flexibility index (Phi) is 4.22. The van der Waals surface area contributed by atoms with E-state index in [0.717, 1.165) is 22.6 Å². The smallest absolute Gasteiger partial charge is 0.315 e. The largest absolute Gasteiger partial charge is 0.495 e. The molecular formula is C14H16F2N2O2. The molecule has 108 valence electrons. The molecule has 6 heteroatoms. The van der Waals surface area contributed by atoms with E-state index in [4.69, 9.17) is 9.26 Å². The van der Waals surface area contributed by atoms with Crippen molar-refractivity contribution in [3.63, 3.8) is 0 Å². The first-order chi connectivity index (χ1) is 9.56. The van der Waals surface area contributed by atoms with Crippen LogP contribution in [0.2, 0.25) is 0 Å². The number of aromatic nitrogens is 1. The van der Waals surface area contributed by atoms with Crippen LogP contribution in [0.1, 0.15) is 12.7 Å². The summed E-state index contributed by atoms with van der Waals surface area (Å²) in [7, 11) is 2.76. The summed E-state index contributed by atoms with van der Waals surface area (Å²) in [5.74, 6) is 1.14. The topological polar surface area (TPSA) is 38.5 Å². The Labute approximate surface area is 115 Å². The predicted molar refractivity (Wildman–Crippen MR) is 72.3 cm³/mol. The molecule has 0 bridgehead atoms. The quantitative estimate of drug-likeness (QED) is 0.786. The lowest BCUT2D eigenvalue weighted by molar-refractivity contribution is 0.148. The van der Waals surface area contributed by atoms with E-state index >= 15 is 0 Å². The molecule has 0 aliphatic carbocycles. The molecule has 0 atom stereocenters. The van der Waals surface area contributed by atoms with Crippen LogP contribution < -0.4 is 9.64 Å². The molecule has 0 amide bonds. The van der Waals surface area contributed by atoms with E-state index in [2.05, 4.69) is 5.16 Å². The molecule has 1 aromatic carbocycles. The molecule has 0 radical (unpaired) electrons. The van der Waals surface area contributed by atoms with Crippen LogP contribution in [0, 0.1) is 0 Å². The zero-order chi connectivity index (χ0) is 14.7. The van der Waals surface area contributed by atoms with Crippen LogP contribution in [0.5, 0.6) is 5.75 Å². The van der Waals surface area contributed by atoms with Crippen molar-refractivity contribution in [2.24, 2.45) is 0 Å². The standard InChI is InChI=1S/C14H16F2N2O2/c1-4-10-8-11(17-20-10)9-5-6-12(13(7-9)19-3)18(2)14(15)16/h5-8,14H,4H2,1-3H3. The average Bonchev–Trinajstić information content (AvgIpc) is 2.94. The number of hydrogen-bond donors (Lipinski definition) is 0. The number of methoxy groups -OCH3 is 1. The van der Waals surface area contributed by atoms with Crippen LogP contribution in [0.15, 0.2) is 28.8 Å². The molecule has 2 rings (SSSR count). The van der Waals surface area contributed by atoms with Crippen molar-refractivity contribution in [3.05, 3.63) is 30.0 Å². The zero-order valence-electron chi connectivity index (χ0n) is 11.6. The van der Waals surface area contributed by atoms with Crippen molar-refractivity contribution in [3.8, 4) is 17.0 Å². The maximum absolute atomic E-state index is 12.7. The molecule has 0 saturated carbocycles. The fourth-order valence-electron chi connectivity index (χ4n) is 1.85. The van der Waals surface area contributed by atoms with Gasteiger partial charge in [0.25, 0.3) is 0 Å². The number of halogens is 2. The van der Waals surface area contributed by atoms with Gasteiger partial charge >= 0.3 is 6.55 Å². The summed E-state index contributed by atoms with van der Waals surface area (Å²) in [5.41, 5.74) is 1.74. The van der Waals surface area contributed by atoms with Gasteiger partial charge in [-0.2, -0.15) is 8.78 Å². The van der Waals surface area contributed by atoms with E-state index in [1.165, 1.54) is 14.2 Å². The predicted octanol–water partition coefficient (Wildman–Crippen LogP) is 3.57. The minimum Gasteiger partial charge on any atom is -0.495 e. The van der Waals surface area contributed by atoms with Gasteiger partial charge in [-0.05, 0) is 12.1 Å². The molecule has 0 aliphatic rings. The molecule has 0 saturated heterocycles. The summed E-state index contributed by atoms with van der Waals surface area (Å²) in [6, 6.07) is 6.80. The van der Waals surface area contributed by atoms with Crippen LogP contribution in [-0.2, 0) is 6.42 Å². The van der Waals surface area contributed by atoms with Crippen molar-refractivity contribution in [1.82, 2.24) is 5.16 Å². The third-order valence-electron chi connectivity index (χ3n) is 3.06. The SMILES string of the molecule is CCc1cc(-c2ccc(N(C)C(F)F)c(OC)c2)no1. The van der Waals surface area contributed by atoms with E-state index in [-0.39, 0.29) is 0 Å². The van der Waals surface area contributed by atoms with Crippen LogP contribution >= 0.6 is 0 Å². The second-order valence-electron chi connectivity index (χ2n) is 4.31. The Bertz CT molecular complexity index is 584.